The molecule has 1 atom stereocenters. The van der Waals surface area contributed by atoms with Crippen molar-refractivity contribution in [1.29, 1.82) is 0 Å². The third-order valence-electron chi connectivity index (χ3n) is 3.21. The van der Waals surface area contributed by atoms with Gasteiger partial charge in [0.25, 0.3) is 0 Å². The van der Waals surface area contributed by atoms with Crippen LogP contribution in [0.25, 0.3) is 10.9 Å². The van der Waals surface area contributed by atoms with Crippen LogP contribution in [0.1, 0.15) is 17.7 Å². The van der Waals surface area contributed by atoms with Gasteiger partial charge in [0.15, 0.2) is 0 Å². The highest BCUT2D eigenvalue weighted by atomic mass is 16.3. The molecule has 3 rings (SSSR count). The lowest BCUT2D eigenvalue weighted by atomic mass is 9.92. The van der Waals surface area contributed by atoms with Gasteiger partial charge in [-0.25, -0.2) is 0 Å². The number of aryl methyl sites for hydroxylation is 1. The third kappa shape index (κ3) is 1.31. The molecule has 15 heavy (non-hydrogen) atoms. The zero-order valence-corrected chi connectivity index (χ0v) is 8.46. The van der Waals surface area contributed by atoms with Crippen LogP contribution in [0.5, 0.6) is 5.75 Å². The van der Waals surface area contributed by atoms with Crippen LogP contribution in [-0.4, -0.2) is 16.1 Å². The first-order chi connectivity index (χ1) is 7.24. The Morgan fingerprint density at radius 3 is 3.13 bits per heavy atom. The van der Waals surface area contributed by atoms with Crippen LogP contribution >= 0.6 is 0 Å². The monoisotopic (exact) mass is 202 g/mol. The summed E-state index contributed by atoms with van der Waals surface area (Å²) in [5.41, 5.74) is 9.65. The predicted octanol–water partition coefficient (Wildman–Crippen LogP) is 1.69. The summed E-state index contributed by atoms with van der Waals surface area (Å²) in [7, 11) is 0. The molecule has 4 N–H and O–H groups in total. The van der Waals surface area contributed by atoms with E-state index in [1.54, 1.807) is 6.07 Å². The number of phenols is 1. The predicted molar refractivity (Wildman–Crippen MR) is 60.0 cm³/mol. The van der Waals surface area contributed by atoms with Gasteiger partial charge < -0.3 is 15.8 Å². The molecule has 0 aliphatic heterocycles. The van der Waals surface area contributed by atoms with Crippen molar-refractivity contribution in [3.8, 4) is 5.75 Å². The molecular weight excluding hydrogens is 188 g/mol. The molecule has 78 valence electrons. The van der Waals surface area contributed by atoms with Gasteiger partial charge in [-0.15, -0.1) is 0 Å². The average Bonchev–Trinajstić information content (AvgIpc) is 2.56. The van der Waals surface area contributed by atoms with Gasteiger partial charge in [-0.1, -0.05) is 0 Å². The number of hydrogen-bond acceptors (Lipinski definition) is 2. The molecule has 1 aromatic carbocycles. The highest BCUT2D eigenvalue weighted by Gasteiger charge is 2.19. The molecule has 0 saturated heterocycles. The minimum absolute atomic E-state index is 0.263. The number of H-pyrrole nitrogens is 1. The van der Waals surface area contributed by atoms with Crippen LogP contribution in [0.15, 0.2) is 18.2 Å². The van der Waals surface area contributed by atoms with E-state index in [2.05, 4.69) is 4.98 Å². The maximum absolute atomic E-state index is 9.47. The van der Waals surface area contributed by atoms with Crippen LogP contribution in [0.2, 0.25) is 0 Å². The van der Waals surface area contributed by atoms with E-state index in [1.807, 2.05) is 12.1 Å². The van der Waals surface area contributed by atoms with Crippen LogP contribution in [0.3, 0.4) is 0 Å². The number of aromatic amines is 1. The quantitative estimate of drug-likeness (QED) is 0.608. The first-order valence-electron chi connectivity index (χ1n) is 5.32. The number of phenolic OH excluding ortho intramolecular Hbond substituents is 1. The summed E-state index contributed by atoms with van der Waals surface area (Å²) >= 11 is 0. The van der Waals surface area contributed by atoms with Gasteiger partial charge in [0.2, 0.25) is 0 Å². The van der Waals surface area contributed by atoms with Crippen LogP contribution < -0.4 is 5.73 Å². The van der Waals surface area contributed by atoms with Crippen LogP contribution in [0.4, 0.5) is 0 Å². The number of nitrogens with one attached hydrogen (secondary N) is 1. The van der Waals surface area contributed by atoms with Crippen molar-refractivity contribution in [3.05, 3.63) is 29.5 Å². The van der Waals surface area contributed by atoms with Gasteiger partial charge in [0, 0.05) is 22.6 Å². The van der Waals surface area contributed by atoms with Gasteiger partial charge in [-0.3, -0.25) is 0 Å². The molecule has 3 heteroatoms. The first-order valence-corrected chi connectivity index (χ1v) is 5.32. The third-order valence-corrected chi connectivity index (χ3v) is 3.21. The number of rotatable bonds is 0. The summed E-state index contributed by atoms with van der Waals surface area (Å²) in [6.45, 7) is 0. The molecule has 1 aliphatic rings. The van der Waals surface area contributed by atoms with Crippen molar-refractivity contribution in [3.63, 3.8) is 0 Å². The maximum Gasteiger partial charge on any atom is 0.116 e. The summed E-state index contributed by atoms with van der Waals surface area (Å²) in [6, 6.07) is 5.72. The van der Waals surface area contributed by atoms with Crippen molar-refractivity contribution >= 4 is 10.9 Å². The SMILES string of the molecule is N[C@H]1CCc2[nH]c3ccc(O)cc3c2C1. The topological polar surface area (TPSA) is 62.0 Å². The largest absolute Gasteiger partial charge is 0.508 e. The lowest BCUT2D eigenvalue weighted by Crippen LogP contribution is -2.27. The second-order valence-corrected chi connectivity index (χ2v) is 4.31. The molecule has 0 unspecified atom stereocenters. The summed E-state index contributed by atoms with van der Waals surface area (Å²) < 4.78 is 0. The second-order valence-electron chi connectivity index (χ2n) is 4.31. The second kappa shape index (κ2) is 3.00. The Labute approximate surface area is 87.9 Å². The van der Waals surface area contributed by atoms with E-state index < -0.39 is 0 Å². The Kier molecular flexibility index (Phi) is 1.76. The minimum Gasteiger partial charge on any atom is -0.508 e. The van der Waals surface area contributed by atoms with Gasteiger partial charge >= 0.3 is 0 Å². The highest BCUT2D eigenvalue weighted by molar-refractivity contribution is 5.86. The molecule has 3 nitrogen and oxygen atoms in total. The molecule has 1 aromatic heterocycles. The lowest BCUT2D eigenvalue weighted by molar-refractivity contribution is 0.476. The van der Waals surface area contributed by atoms with E-state index in [0.717, 1.165) is 30.2 Å². The van der Waals surface area contributed by atoms with Gasteiger partial charge in [0.1, 0.15) is 5.75 Å². The Balaban J connectivity index is 2.25. The van der Waals surface area contributed by atoms with E-state index in [9.17, 15) is 5.11 Å². The molecule has 2 aromatic rings. The molecule has 0 amide bonds. The Morgan fingerprint density at radius 2 is 2.27 bits per heavy atom. The number of aromatic hydroxyl groups is 1. The van der Waals surface area contributed by atoms with E-state index in [-0.39, 0.29) is 6.04 Å². The summed E-state index contributed by atoms with van der Waals surface area (Å²) in [5, 5.41) is 10.6. The highest BCUT2D eigenvalue weighted by Crippen LogP contribution is 2.30. The van der Waals surface area contributed by atoms with Crippen molar-refractivity contribution in [2.45, 2.75) is 25.3 Å². The smallest absolute Gasteiger partial charge is 0.116 e. The Morgan fingerprint density at radius 1 is 1.40 bits per heavy atom. The molecule has 1 heterocycles. The summed E-state index contributed by atoms with van der Waals surface area (Å²) in [6.07, 6.45) is 2.98. The molecule has 0 bridgehead atoms. The van der Waals surface area contributed by atoms with Crippen LogP contribution in [0, 0.1) is 0 Å². The minimum atomic E-state index is 0.263. The first kappa shape index (κ1) is 8.80. The number of aromatic nitrogens is 1. The van der Waals surface area contributed by atoms with E-state index >= 15 is 0 Å². The van der Waals surface area contributed by atoms with Crippen molar-refractivity contribution < 1.29 is 5.11 Å². The molecular formula is C12H14N2O. The zero-order valence-electron chi connectivity index (χ0n) is 8.46. The van der Waals surface area contributed by atoms with E-state index in [1.165, 1.54) is 11.3 Å². The lowest BCUT2D eigenvalue weighted by Gasteiger charge is -2.18. The fraction of sp³-hybridized carbons (Fsp3) is 0.333. The number of nitrogens with two attached hydrogens (primary N) is 1. The van der Waals surface area contributed by atoms with Crippen molar-refractivity contribution in [1.82, 2.24) is 4.98 Å². The van der Waals surface area contributed by atoms with Crippen molar-refractivity contribution in [2.24, 2.45) is 5.73 Å². The maximum atomic E-state index is 9.47. The van der Waals surface area contributed by atoms with E-state index in [0.29, 0.717) is 5.75 Å². The Bertz CT molecular complexity index is 516. The van der Waals surface area contributed by atoms with Crippen molar-refractivity contribution in [2.75, 3.05) is 0 Å². The standard InChI is InChI=1S/C12H14N2O/c13-7-1-3-11-9(5-7)10-6-8(15)2-4-12(10)14-11/h2,4,6-7,14-15H,1,3,5,13H2/t7-/m0/s1. The van der Waals surface area contributed by atoms with E-state index in [4.69, 9.17) is 5.73 Å². The molecule has 0 radical (unpaired) electrons. The molecule has 0 spiro atoms. The normalized spacial score (nSPS) is 20.5. The zero-order chi connectivity index (χ0) is 10.4. The number of fused-ring (bicyclic) bond motifs is 3. The Hall–Kier alpha value is -1.48. The number of benzene rings is 1. The van der Waals surface area contributed by atoms with Crippen LogP contribution in [-0.2, 0) is 12.8 Å². The summed E-state index contributed by atoms with van der Waals surface area (Å²) in [5.74, 6) is 0.323. The molecule has 0 fully saturated rings. The van der Waals surface area contributed by atoms with Gasteiger partial charge in [-0.2, -0.15) is 0 Å². The summed E-state index contributed by atoms with van der Waals surface area (Å²) in [4.78, 5) is 3.40. The fourth-order valence-electron chi connectivity index (χ4n) is 2.43. The average molecular weight is 202 g/mol. The molecule has 1 aliphatic carbocycles. The van der Waals surface area contributed by atoms with Gasteiger partial charge in [-0.05, 0) is 43.0 Å². The van der Waals surface area contributed by atoms with Gasteiger partial charge in [0.05, 0.1) is 0 Å². The fourth-order valence-corrected chi connectivity index (χ4v) is 2.43. The molecule has 0 saturated carbocycles. The number of hydrogen-bond donors (Lipinski definition) is 3.